The van der Waals surface area contributed by atoms with E-state index in [0.717, 1.165) is 11.1 Å². The molecule has 0 heterocycles. The lowest BCUT2D eigenvalue weighted by molar-refractivity contribution is -0.142. The molecule has 0 aliphatic carbocycles. The van der Waals surface area contributed by atoms with Crippen molar-refractivity contribution >= 4 is 32.5 Å². The molecule has 0 spiro atoms. The molecular formula is C11H11IO4. The van der Waals surface area contributed by atoms with Crippen LogP contribution in [0.4, 0.5) is 4.79 Å². The normalized spacial score (nSPS) is 9.62. The monoisotopic (exact) mass is 334 g/mol. The highest BCUT2D eigenvalue weighted by Crippen LogP contribution is 2.08. The second-order valence-corrected chi connectivity index (χ2v) is 4.00. The topological polar surface area (TPSA) is 52.6 Å². The summed E-state index contributed by atoms with van der Waals surface area (Å²) in [5.74, 6) is -0.303. The lowest BCUT2D eigenvalue weighted by Crippen LogP contribution is -1.99. The SMILES string of the molecule is CC(=O)OCc1ccc(COC(=O)I)cc1. The summed E-state index contributed by atoms with van der Waals surface area (Å²) in [6.45, 7) is 1.89. The number of benzene rings is 1. The van der Waals surface area contributed by atoms with Crippen LogP contribution in [0.5, 0.6) is 0 Å². The van der Waals surface area contributed by atoms with Gasteiger partial charge >= 0.3 is 9.95 Å². The highest BCUT2D eigenvalue weighted by molar-refractivity contribution is 14.1. The van der Waals surface area contributed by atoms with E-state index in [2.05, 4.69) is 0 Å². The number of rotatable bonds is 4. The zero-order valence-corrected chi connectivity index (χ0v) is 10.9. The Kier molecular flexibility index (Phi) is 5.24. The van der Waals surface area contributed by atoms with Crippen LogP contribution in [0.25, 0.3) is 0 Å². The maximum absolute atomic E-state index is 10.6. The second kappa shape index (κ2) is 6.47. The molecular weight excluding hydrogens is 323 g/mol. The molecule has 1 aromatic rings. The number of hydrogen-bond donors (Lipinski definition) is 0. The predicted octanol–water partition coefficient (Wildman–Crippen LogP) is 2.82. The largest absolute Gasteiger partial charge is 0.461 e. The maximum Gasteiger partial charge on any atom is 0.367 e. The van der Waals surface area contributed by atoms with Crippen LogP contribution in [0.2, 0.25) is 0 Å². The smallest absolute Gasteiger partial charge is 0.367 e. The fraction of sp³-hybridized carbons (Fsp3) is 0.273. The van der Waals surface area contributed by atoms with E-state index >= 15 is 0 Å². The minimum absolute atomic E-state index is 0.260. The molecule has 0 radical (unpaired) electrons. The van der Waals surface area contributed by atoms with Crippen molar-refractivity contribution in [3.8, 4) is 0 Å². The second-order valence-electron chi connectivity index (χ2n) is 3.12. The van der Waals surface area contributed by atoms with Gasteiger partial charge in [0.15, 0.2) is 0 Å². The van der Waals surface area contributed by atoms with Gasteiger partial charge in [-0.15, -0.1) is 0 Å². The Bertz CT molecular complexity index is 335. The van der Waals surface area contributed by atoms with E-state index in [1.54, 1.807) is 22.6 Å². The number of ether oxygens (including phenoxy) is 2. The van der Waals surface area contributed by atoms with Crippen molar-refractivity contribution < 1.29 is 19.1 Å². The summed E-state index contributed by atoms with van der Waals surface area (Å²) < 4.78 is 9.34. The van der Waals surface area contributed by atoms with Crippen molar-refractivity contribution in [2.24, 2.45) is 0 Å². The summed E-state index contributed by atoms with van der Waals surface area (Å²) in [4.78, 5) is 21.1. The zero-order chi connectivity index (χ0) is 12.0. The molecule has 0 saturated heterocycles. The van der Waals surface area contributed by atoms with Crippen LogP contribution >= 0.6 is 22.6 Å². The summed E-state index contributed by atoms with van der Waals surface area (Å²) in [6.07, 6.45) is 0. The first-order valence-electron chi connectivity index (χ1n) is 4.61. The van der Waals surface area contributed by atoms with Gasteiger partial charge in [0.2, 0.25) is 0 Å². The molecule has 0 aromatic heterocycles. The van der Waals surface area contributed by atoms with Crippen LogP contribution in [-0.4, -0.2) is 9.95 Å². The summed E-state index contributed by atoms with van der Waals surface area (Å²) in [5, 5.41) is 0. The Labute approximate surface area is 107 Å². The van der Waals surface area contributed by atoms with Crippen molar-refractivity contribution in [1.82, 2.24) is 0 Å². The minimum Gasteiger partial charge on any atom is -0.461 e. The van der Waals surface area contributed by atoms with Crippen molar-refractivity contribution in [2.75, 3.05) is 0 Å². The molecule has 1 aromatic carbocycles. The Balaban J connectivity index is 2.47. The van der Waals surface area contributed by atoms with Crippen LogP contribution in [0.1, 0.15) is 18.1 Å². The Morgan fingerprint density at radius 2 is 1.50 bits per heavy atom. The Hall–Kier alpha value is -1.11. The highest BCUT2D eigenvalue weighted by atomic mass is 127. The van der Waals surface area contributed by atoms with Crippen LogP contribution in [0.3, 0.4) is 0 Å². The fourth-order valence-corrected chi connectivity index (χ4v) is 1.21. The van der Waals surface area contributed by atoms with Gasteiger partial charge in [-0.2, -0.15) is 0 Å². The van der Waals surface area contributed by atoms with Gasteiger partial charge in [0.1, 0.15) is 13.2 Å². The number of hydrogen-bond acceptors (Lipinski definition) is 4. The first-order chi connectivity index (χ1) is 7.58. The molecule has 1 rings (SSSR count). The van der Waals surface area contributed by atoms with Crippen molar-refractivity contribution in [1.29, 1.82) is 0 Å². The molecule has 0 fully saturated rings. The molecule has 0 atom stereocenters. The molecule has 16 heavy (non-hydrogen) atoms. The number of carbonyl (C=O) groups is 2. The van der Waals surface area contributed by atoms with E-state index in [0.29, 0.717) is 0 Å². The fourth-order valence-electron chi connectivity index (χ4n) is 1.06. The van der Waals surface area contributed by atoms with Gasteiger partial charge in [-0.05, 0) is 11.1 Å². The van der Waals surface area contributed by atoms with E-state index in [4.69, 9.17) is 9.47 Å². The molecule has 0 bridgehead atoms. The molecule has 0 aliphatic heterocycles. The molecule has 0 aliphatic rings. The number of halogens is 1. The van der Waals surface area contributed by atoms with E-state index in [9.17, 15) is 9.59 Å². The summed E-state index contributed by atoms with van der Waals surface area (Å²) in [7, 11) is 0. The molecule has 0 amide bonds. The van der Waals surface area contributed by atoms with E-state index < -0.39 is 0 Å². The average molecular weight is 334 g/mol. The molecule has 86 valence electrons. The van der Waals surface area contributed by atoms with Crippen molar-refractivity contribution in [3.63, 3.8) is 0 Å². The highest BCUT2D eigenvalue weighted by Gasteiger charge is 1.99. The summed E-state index contributed by atoms with van der Waals surface area (Å²) >= 11 is 1.58. The van der Waals surface area contributed by atoms with Gasteiger partial charge in [0.05, 0.1) is 22.6 Å². The third kappa shape index (κ3) is 5.11. The van der Waals surface area contributed by atoms with Crippen LogP contribution in [0.15, 0.2) is 24.3 Å². The first-order valence-corrected chi connectivity index (χ1v) is 5.69. The van der Waals surface area contributed by atoms with Crippen molar-refractivity contribution in [3.05, 3.63) is 35.4 Å². The van der Waals surface area contributed by atoms with Gasteiger partial charge < -0.3 is 9.47 Å². The van der Waals surface area contributed by atoms with Crippen LogP contribution in [-0.2, 0) is 27.5 Å². The van der Waals surface area contributed by atoms with Gasteiger partial charge in [-0.3, -0.25) is 4.79 Å². The average Bonchev–Trinajstić information content (AvgIpc) is 2.25. The Morgan fingerprint density at radius 3 is 1.88 bits per heavy atom. The molecule has 5 heteroatoms. The quantitative estimate of drug-likeness (QED) is 0.483. The van der Waals surface area contributed by atoms with Crippen LogP contribution in [0, 0.1) is 0 Å². The van der Waals surface area contributed by atoms with E-state index in [1.165, 1.54) is 6.92 Å². The minimum atomic E-state index is -0.332. The van der Waals surface area contributed by atoms with Gasteiger partial charge in [0.25, 0.3) is 0 Å². The van der Waals surface area contributed by atoms with Gasteiger partial charge in [-0.25, -0.2) is 4.79 Å². The lowest BCUT2D eigenvalue weighted by atomic mass is 10.1. The maximum atomic E-state index is 10.6. The van der Waals surface area contributed by atoms with Crippen LogP contribution < -0.4 is 0 Å². The number of esters is 1. The predicted molar refractivity (Wildman–Crippen MR) is 66.1 cm³/mol. The van der Waals surface area contributed by atoms with Gasteiger partial charge in [-0.1, -0.05) is 24.3 Å². The van der Waals surface area contributed by atoms with E-state index in [1.807, 2.05) is 24.3 Å². The zero-order valence-electron chi connectivity index (χ0n) is 8.73. The van der Waals surface area contributed by atoms with E-state index in [-0.39, 0.29) is 23.2 Å². The first kappa shape index (κ1) is 13.0. The third-order valence-corrected chi connectivity index (χ3v) is 2.13. The lowest BCUT2D eigenvalue weighted by Gasteiger charge is -2.04. The molecule has 0 unspecified atom stereocenters. The molecule has 0 saturated carbocycles. The standard InChI is InChI=1S/C11H11IO4/c1-8(13)15-6-9-2-4-10(5-3-9)7-16-11(12)14/h2-5H,6-7H2,1H3. The summed E-state index contributed by atoms with van der Waals surface area (Å²) in [5.41, 5.74) is 1.80. The third-order valence-electron chi connectivity index (χ3n) is 1.82. The van der Waals surface area contributed by atoms with Crippen molar-refractivity contribution in [2.45, 2.75) is 20.1 Å². The van der Waals surface area contributed by atoms with Gasteiger partial charge in [0, 0.05) is 6.92 Å². The number of carbonyl (C=O) groups excluding carboxylic acids is 2. The summed E-state index contributed by atoms with van der Waals surface area (Å²) in [6, 6.07) is 7.33. The molecule has 0 N–H and O–H groups in total. The molecule has 4 nitrogen and oxygen atoms in total. The Morgan fingerprint density at radius 1 is 1.06 bits per heavy atom.